The van der Waals surface area contributed by atoms with E-state index in [1.165, 1.54) is 49.2 Å². The molecule has 2 rings (SSSR count). The van der Waals surface area contributed by atoms with Crippen LogP contribution >= 0.6 is 11.6 Å². The summed E-state index contributed by atoms with van der Waals surface area (Å²) in [7, 11) is 4.26. The van der Waals surface area contributed by atoms with Crippen LogP contribution in [0.1, 0.15) is 18.5 Å². The summed E-state index contributed by atoms with van der Waals surface area (Å²) in [5.41, 5.74) is 0.659. The Morgan fingerprint density at radius 3 is 2.55 bits per heavy atom. The van der Waals surface area contributed by atoms with Crippen molar-refractivity contribution in [2.24, 2.45) is 0 Å². The van der Waals surface area contributed by atoms with Crippen molar-refractivity contribution < 1.29 is 18.7 Å². The lowest BCUT2D eigenvalue weighted by Crippen LogP contribution is -2.47. The van der Waals surface area contributed by atoms with Gasteiger partial charge in [-0.25, -0.2) is 14.0 Å². The van der Waals surface area contributed by atoms with E-state index < -0.39 is 17.8 Å². The first-order chi connectivity index (χ1) is 10.3. The maximum atomic E-state index is 14.3. The zero-order chi connectivity index (χ0) is 16.6. The van der Waals surface area contributed by atoms with Gasteiger partial charge >= 0.3 is 12.0 Å². The number of halogens is 2. The molecule has 0 aromatic heterocycles. The van der Waals surface area contributed by atoms with E-state index in [4.69, 9.17) is 16.3 Å². The van der Waals surface area contributed by atoms with Crippen molar-refractivity contribution in [2.45, 2.75) is 13.0 Å². The largest absolute Gasteiger partial charge is 0.466 e. The molecule has 1 aliphatic heterocycles. The molecular weight excluding hydrogens is 311 g/mol. The van der Waals surface area contributed by atoms with Crippen molar-refractivity contribution >= 4 is 23.6 Å². The lowest BCUT2D eigenvalue weighted by atomic mass is 9.93. The van der Waals surface area contributed by atoms with Crippen molar-refractivity contribution in [1.82, 2.24) is 9.80 Å². The smallest absolute Gasteiger partial charge is 0.337 e. The molecule has 1 aliphatic rings. The summed E-state index contributed by atoms with van der Waals surface area (Å²) < 4.78 is 19.1. The molecule has 0 fully saturated rings. The summed E-state index contributed by atoms with van der Waals surface area (Å²) in [5.74, 6) is -1.22. The third-order valence-electron chi connectivity index (χ3n) is 3.82. The van der Waals surface area contributed by atoms with Gasteiger partial charge in [-0.3, -0.25) is 0 Å². The molecule has 0 saturated heterocycles. The molecule has 1 atom stereocenters. The molecule has 2 amide bonds. The SMILES string of the molecule is COC(=O)C1=C(C)N(C)C(=O)N(C)[C@H]1c1c(F)cccc1Cl. The molecule has 7 heteroatoms. The number of esters is 1. The normalized spacial score (nSPS) is 18.8. The van der Waals surface area contributed by atoms with Crippen LogP contribution in [0, 0.1) is 5.82 Å². The lowest BCUT2D eigenvalue weighted by molar-refractivity contribution is -0.137. The number of ether oxygens (including phenoxy) is 1. The Bertz CT molecular complexity index is 655. The van der Waals surface area contributed by atoms with Gasteiger partial charge in [-0.15, -0.1) is 0 Å². The van der Waals surface area contributed by atoms with E-state index in [1.54, 1.807) is 6.92 Å². The molecule has 5 nitrogen and oxygen atoms in total. The standard InChI is InChI=1S/C15H16ClFN2O3/c1-8-11(14(20)22-4)13(19(3)15(21)18(8)2)12-9(16)6-5-7-10(12)17/h5-7,13H,1-4H3/t13-/m1/s1. The fourth-order valence-electron chi connectivity index (χ4n) is 2.54. The number of nitrogens with zero attached hydrogens (tertiary/aromatic N) is 2. The number of hydrogen-bond acceptors (Lipinski definition) is 3. The average molecular weight is 327 g/mol. The quantitative estimate of drug-likeness (QED) is 0.785. The molecule has 22 heavy (non-hydrogen) atoms. The Balaban J connectivity index is 2.74. The van der Waals surface area contributed by atoms with E-state index in [9.17, 15) is 14.0 Å². The summed E-state index contributed by atoms with van der Waals surface area (Å²) in [6.45, 7) is 1.61. The number of carbonyl (C=O) groups excluding carboxylic acids is 2. The van der Waals surface area contributed by atoms with Crippen LogP contribution in [0.4, 0.5) is 9.18 Å². The van der Waals surface area contributed by atoms with Crippen LogP contribution in [0.5, 0.6) is 0 Å². The van der Waals surface area contributed by atoms with Crippen LogP contribution in [0.25, 0.3) is 0 Å². The van der Waals surface area contributed by atoms with Crippen LogP contribution in [0.2, 0.25) is 5.02 Å². The van der Waals surface area contributed by atoms with Crippen LogP contribution in [-0.2, 0) is 9.53 Å². The topological polar surface area (TPSA) is 49.9 Å². The maximum absolute atomic E-state index is 14.3. The van der Waals surface area contributed by atoms with E-state index in [2.05, 4.69) is 0 Å². The van der Waals surface area contributed by atoms with E-state index in [0.717, 1.165) is 0 Å². The Labute approximate surface area is 132 Å². The van der Waals surface area contributed by atoms with Gasteiger partial charge in [0.2, 0.25) is 0 Å². The number of methoxy groups -OCH3 is 1. The summed E-state index contributed by atoms with van der Waals surface area (Å²) in [6, 6.07) is 2.91. The summed E-state index contributed by atoms with van der Waals surface area (Å²) in [5, 5.41) is 0.142. The van der Waals surface area contributed by atoms with Crippen LogP contribution in [0.3, 0.4) is 0 Å². The summed E-state index contributed by atoms with van der Waals surface area (Å²) in [6.07, 6.45) is 0. The molecule has 1 aromatic carbocycles. The minimum Gasteiger partial charge on any atom is -0.466 e. The van der Waals surface area contributed by atoms with Gasteiger partial charge in [0.1, 0.15) is 5.82 Å². The van der Waals surface area contributed by atoms with Gasteiger partial charge in [-0.05, 0) is 19.1 Å². The molecule has 1 heterocycles. The first kappa shape index (κ1) is 16.3. The molecule has 0 saturated carbocycles. The fraction of sp³-hybridized carbons (Fsp3) is 0.333. The predicted octanol–water partition coefficient (Wildman–Crippen LogP) is 2.96. The molecular formula is C15H16ClFN2O3. The Morgan fingerprint density at radius 1 is 1.36 bits per heavy atom. The van der Waals surface area contributed by atoms with Gasteiger partial charge in [0.05, 0.1) is 18.7 Å². The molecule has 0 radical (unpaired) electrons. The number of likely N-dealkylation sites (N-methyl/N-ethyl adjacent to an activating group) is 1. The van der Waals surface area contributed by atoms with Crippen molar-refractivity contribution in [1.29, 1.82) is 0 Å². The summed E-state index contributed by atoms with van der Waals surface area (Å²) >= 11 is 6.11. The molecule has 0 unspecified atom stereocenters. The second kappa shape index (κ2) is 5.96. The van der Waals surface area contributed by atoms with Gasteiger partial charge in [-0.2, -0.15) is 0 Å². The molecule has 118 valence electrons. The van der Waals surface area contributed by atoms with Crippen molar-refractivity contribution in [3.63, 3.8) is 0 Å². The minimum absolute atomic E-state index is 0.0767. The van der Waals surface area contributed by atoms with Gasteiger partial charge in [0.25, 0.3) is 0 Å². The van der Waals surface area contributed by atoms with Crippen molar-refractivity contribution in [3.05, 3.63) is 45.9 Å². The van der Waals surface area contributed by atoms with Gasteiger partial charge in [-0.1, -0.05) is 17.7 Å². The number of carbonyl (C=O) groups is 2. The zero-order valence-corrected chi connectivity index (χ0v) is 13.4. The molecule has 0 aliphatic carbocycles. The Morgan fingerprint density at radius 2 is 2.00 bits per heavy atom. The van der Waals surface area contributed by atoms with E-state index >= 15 is 0 Å². The zero-order valence-electron chi connectivity index (χ0n) is 12.7. The van der Waals surface area contributed by atoms with E-state index in [1.807, 2.05) is 0 Å². The number of amides is 2. The third-order valence-corrected chi connectivity index (χ3v) is 4.15. The lowest BCUT2D eigenvalue weighted by Gasteiger charge is -2.39. The predicted molar refractivity (Wildman–Crippen MR) is 79.8 cm³/mol. The van der Waals surface area contributed by atoms with Crippen LogP contribution in [0.15, 0.2) is 29.5 Å². The second-order valence-electron chi connectivity index (χ2n) is 4.98. The third kappa shape index (κ3) is 2.43. The van der Waals surface area contributed by atoms with E-state index in [0.29, 0.717) is 5.70 Å². The second-order valence-corrected chi connectivity index (χ2v) is 5.39. The summed E-state index contributed by atoms with van der Waals surface area (Å²) in [4.78, 5) is 27.1. The fourth-order valence-corrected chi connectivity index (χ4v) is 2.81. The number of allylic oxidation sites excluding steroid dienone is 1. The highest BCUT2D eigenvalue weighted by molar-refractivity contribution is 6.31. The van der Waals surface area contributed by atoms with Crippen LogP contribution < -0.4 is 0 Å². The first-order valence-corrected chi connectivity index (χ1v) is 6.92. The Hall–Kier alpha value is -2.08. The first-order valence-electron chi connectivity index (χ1n) is 6.54. The molecule has 0 spiro atoms. The number of benzene rings is 1. The maximum Gasteiger partial charge on any atom is 0.337 e. The van der Waals surface area contributed by atoms with Gasteiger partial charge < -0.3 is 14.5 Å². The monoisotopic (exact) mass is 326 g/mol. The minimum atomic E-state index is -0.940. The highest BCUT2D eigenvalue weighted by atomic mass is 35.5. The van der Waals surface area contributed by atoms with Crippen molar-refractivity contribution in [3.8, 4) is 0 Å². The van der Waals surface area contributed by atoms with Gasteiger partial charge in [0.15, 0.2) is 0 Å². The highest BCUT2D eigenvalue weighted by Crippen LogP contribution is 2.40. The van der Waals surface area contributed by atoms with Gasteiger partial charge in [0, 0.05) is 30.4 Å². The highest BCUT2D eigenvalue weighted by Gasteiger charge is 2.41. The molecule has 1 aromatic rings. The number of rotatable bonds is 2. The number of urea groups is 1. The molecule has 0 N–H and O–H groups in total. The average Bonchev–Trinajstić information content (AvgIpc) is 2.49. The Kier molecular flexibility index (Phi) is 4.42. The van der Waals surface area contributed by atoms with Crippen LogP contribution in [-0.4, -0.2) is 43.0 Å². The molecule has 0 bridgehead atoms. The van der Waals surface area contributed by atoms with Crippen molar-refractivity contribution in [2.75, 3.05) is 21.2 Å². The number of hydrogen-bond donors (Lipinski definition) is 0. The van der Waals surface area contributed by atoms with E-state index in [-0.39, 0.29) is 22.2 Å².